The molecule has 0 saturated carbocycles. The molecule has 1 aliphatic heterocycles. The van der Waals surface area contributed by atoms with Gasteiger partial charge in [0.05, 0.1) is 32.1 Å². The summed E-state index contributed by atoms with van der Waals surface area (Å²) in [5.74, 6) is -0.177. The normalized spacial score (nSPS) is 22.5. The lowest BCUT2D eigenvalue weighted by Crippen LogP contribution is -2.50. The lowest BCUT2D eigenvalue weighted by atomic mass is 10.2. The molecule has 0 aromatic rings. The average Bonchev–Trinajstić information content (AvgIpc) is 2.16. The third-order valence-corrected chi connectivity index (χ3v) is 3.87. The van der Waals surface area contributed by atoms with Gasteiger partial charge in [0.1, 0.15) is 0 Å². The molecule has 1 saturated heterocycles. The number of carbonyl (C=O) groups is 1. The number of nitrogens with zero attached hydrogens (tertiary/aromatic N) is 2. The lowest BCUT2D eigenvalue weighted by molar-refractivity contribution is -0.139. The number of rotatable bonds is 3. The fraction of sp³-hybridized carbons (Fsp3) is 0.889. The van der Waals surface area contributed by atoms with Crippen LogP contribution in [0.5, 0.6) is 0 Å². The van der Waals surface area contributed by atoms with Gasteiger partial charge in [0, 0.05) is 13.6 Å². The van der Waals surface area contributed by atoms with Crippen LogP contribution in [-0.2, 0) is 19.6 Å². The third kappa shape index (κ3) is 3.43. The highest BCUT2D eigenvalue weighted by atomic mass is 32.2. The molecule has 1 amide bonds. The van der Waals surface area contributed by atoms with E-state index in [0.29, 0.717) is 19.8 Å². The van der Waals surface area contributed by atoms with E-state index in [9.17, 15) is 13.2 Å². The van der Waals surface area contributed by atoms with E-state index in [4.69, 9.17) is 4.74 Å². The SMILES string of the molecule is CC1COCCN1C(=O)CN(C)S(C)(=O)=O. The van der Waals surface area contributed by atoms with Crippen molar-refractivity contribution in [3.63, 3.8) is 0 Å². The first-order valence-corrected chi connectivity index (χ1v) is 6.95. The summed E-state index contributed by atoms with van der Waals surface area (Å²) in [6.07, 6.45) is 1.09. The van der Waals surface area contributed by atoms with Crippen molar-refractivity contribution < 1.29 is 17.9 Å². The summed E-state index contributed by atoms with van der Waals surface area (Å²) in [6.45, 7) is 3.32. The zero-order chi connectivity index (χ0) is 12.3. The summed E-state index contributed by atoms with van der Waals surface area (Å²) >= 11 is 0. The maximum absolute atomic E-state index is 11.8. The van der Waals surface area contributed by atoms with Gasteiger partial charge in [0.2, 0.25) is 15.9 Å². The van der Waals surface area contributed by atoms with E-state index in [2.05, 4.69) is 0 Å². The van der Waals surface area contributed by atoms with Gasteiger partial charge in [-0.1, -0.05) is 0 Å². The van der Waals surface area contributed by atoms with E-state index in [-0.39, 0.29) is 18.5 Å². The Morgan fingerprint density at radius 1 is 1.56 bits per heavy atom. The Kier molecular flexibility index (Phi) is 4.28. The van der Waals surface area contributed by atoms with E-state index >= 15 is 0 Å². The van der Waals surface area contributed by atoms with Crippen LogP contribution in [0.3, 0.4) is 0 Å². The minimum atomic E-state index is -3.30. The molecule has 1 rings (SSSR count). The van der Waals surface area contributed by atoms with Crippen molar-refractivity contribution in [1.82, 2.24) is 9.21 Å². The molecular formula is C9H18N2O4S. The molecule has 0 spiro atoms. The first kappa shape index (κ1) is 13.4. The van der Waals surface area contributed by atoms with Crippen molar-refractivity contribution >= 4 is 15.9 Å². The summed E-state index contributed by atoms with van der Waals surface area (Å²) in [6, 6.07) is 0.00853. The highest BCUT2D eigenvalue weighted by Gasteiger charge is 2.26. The molecule has 1 fully saturated rings. The molecule has 6 nitrogen and oxygen atoms in total. The Labute approximate surface area is 96.2 Å². The number of hydrogen-bond acceptors (Lipinski definition) is 4. The standard InChI is InChI=1S/C9H18N2O4S/c1-8-7-15-5-4-11(8)9(12)6-10(2)16(3,13)14/h8H,4-7H2,1-3H3. The molecule has 0 aliphatic carbocycles. The van der Waals surface area contributed by atoms with Crippen LogP contribution >= 0.6 is 0 Å². The van der Waals surface area contributed by atoms with Gasteiger partial charge < -0.3 is 9.64 Å². The fourth-order valence-corrected chi connectivity index (χ4v) is 1.84. The first-order chi connectivity index (χ1) is 7.32. The molecule has 0 N–H and O–H groups in total. The van der Waals surface area contributed by atoms with Crippen LogP contribution in [0.2, 0.25) is 0 Å². The van der Waals surface area contributed by atoms with Gasteiger partial charge in [-0.2, -0.15) is 4.31 Å². The van der Waals surface area contributed by atoms with Crippen LogP contribution in [0.25, 0.3) is 0 Å². The Morgan fingerprint density at radius 3 is 2.69 bits per heavy atom. The highest BCUT2D eigenvalue weighted by molar-refractivity contribution is 7.88. The monoisotopic (exact) mass is 250 g/mol. The van der Waals surface area contributed by atoms with E-state index in [0.717, 1.165) is 10.6 Å². The number of morpholine rings is 1. The summed E-state index contributed by atoms with van der Waals surface area (Å²) < 4.78 is 28.6. The van der Waals surface area contributed by atoms with Gasteiger partial charge in [-0.05, 0) is 6.92 Å². The zero-order valence-corrected chi connectivity index (χ0v) is 10.7. The van der Waals surface area contributed by atoms with Crippen molar-refractivity contribution in [1.29, 1.82) is 0 Å². The van der Waals surface area contributed by atoms with Crippen molar-refractivity contribution in [3.8, 4) is 0 Å². The van der Waals surface area contributed by atoms with Crippen LogP contribution in [-0.4, -0.2) is 69.2 Å². The molecule has 1 aliphatic rings. The quantitative estimate of drug-likeness (QED) is 0.653. The zero-order valence-electron chi connectivity index (χ0n) is 9.84. The highest BCUT2D eigenvalue weighted by Crippen LogP contribution is 2.07. The number of carbonyl (C=O) groups excluding carboxylic acids is 1. The smallest absolute Gasteiger partial charge is 0.238 e. The predicted octanol–water partition coefficient (Wildman–Crippen LogP) is -0.875. The summed E-state index contributed by atoms with van der Waals surface area (Å²) in [4.78, 5) is 13.5. The maximum atomic E-state index is 11.8. The fourth-order valence-electron chi connectivity index (χ4n) is 1.50. The second-order valence-corrected chi connectivity index (χ2v) is 6.12. The Balaban J connectivity index is 2.58. The average molecular weight is 250 g/mol. The Hall–Kier alpha value is -0.660. The van der Waals surface area contributed by atoms with Crippen molar-refractivity contribution in [2.24, 2.45) is 0 Å². The Morgan fingerprint density at radius 2 is 2.19 bits per heavy atom. The third-order valence-electron chi connectivity index (χ3n) is 2.61. The predicted molar refractivity (Wildman–Crippen MR) is 59.5 cm³/mol. The topological polar surface area (TPSA) is 66.9 Å². The minimum absolute atomic E-state index is 0.00853. The van der Waals surface area contributed by atoms with Gasteiger partial charge in [-0.15, -0.1) is 0 Å². The maximum Gasteiger partial charge on any atom is 0.238 e. The summed E-state index contributed by atoms with van der Waals surface area (Å²) in [5.41, 5.74) is 0. The van der Waals surface area contributed by atoms with E-state index in [1.807, 2.05) is 6.92 Å². The molecule has 1 atom stereocenters. The van der Waals surface area contributed by atoms with Crippen molar-refractivity contribution in [3.05, 3.63) is 0 Å². The largest absolute Gasteiger partial charge is 0.377 e. The molecule has 0 bridgehead atoms. The number of likely N-dealkylation sites (N-methyl/N-ethyl adjacent to an activating group) is 1. The van der Waals surface area contributed by atoms with Gasteiger partial charge in [-0.3, -0.25) is 4.79 Å². The second kappa shape index (κ2) is 5.11. The first-order valence-electron chi connectivity index (χ1n) is 5.11. The molecular weight excluding hydrogens is 232 g/mol. The molecule has 7 heteroatoms. The lowest BCUT2D eigenvalue weighted by Gasteiger charge is -2.34. The molecule has 0 aromatic heterocycles. The van der Waals surface area contributed by atoms with Gasteiger partial charge in [0.15, 0.2) is 0 Å². The molecule has 1 heterocycles. The molecule has 1 unspecified atom stereocenters. The van der Waals surface area contributed by atoms with Crippen LogP contribution in [0.1, 0.15) is 6.92 Å². The number of amides is 1. The van der Waals surface area contributed by atoms with E-state index < -0.39 is 10.0 Å². The van der Waals surface area contributed by atoms with Crippen LogP contribution < -0.4 is 0 Å². The second-order valence-electron chi connectivity index (χ2n) is 4.03. The summed E-state index contributed by atoms with van der Waals surface area (Å²) in [7, 11) is -1.90. The molecule has 94 valence electrons. The summed E-state index contributed by atoms with van der Waals surface area (Å²) in [5, 5.41) is 0. The van der Waals surface area contributed by atoms with Crippen LogP contribution in [0.15, 0.2) is 0 Å². The van der Waals surface area contributed by atoms with Gasteiger partial charge in [-0.25, -0.2) is 8.42 Å². The number of sulfonamides is 1. The molecule has 0 aromatic carbocycles. The molecule has 0 radical (unpaired) electrons. The van der Waals surface area contributed by atoms with E-state index in [1.165, 1.54) is 7.05 Å². The molecule has 16 heavy (non-hydrogen) atoms. The van der Waals surface area contributed by atoms with Gasteiger partial charge >= 0.3 is 0 Å². The van der Waals surface area contributed by atoms with Crippen molar-refractivity contribution in [2.75, 3.05) is 39.6 Å². The van der Waals surface area contributed by atoms with E-state index in [1.54, 1.807) is 4.90 Å². The number of ether oxygens (including phenoxy) is 1. The van der Waals surface area contributed by atoms with Crippen LogP contribution in [0.4, 0.5) is 0 Å². The van der Waals surface area contributed by atoms with Gasteiger partial charge in [0.25, 0.3) is 0 Å². The minimum Gasteiger partial charge on any atom is -0.377 e. The number of hydrogen-bond donors (Lipinski definition) is 0. The van der Waals surface area contributed by atoms with Crippen LogP contribution in [0, 0.1) is 0 Å². The Bertz CT molecular complexity index is 355. The van der Waals surface area contributed by atoms with Crippen molar-refractivity contribution in [2.45, 2.75) is 13.0 Å².